The maximum atomic E-state index is 12.9. The van der Waals surface area contributed by atoms with Crippen molar-refractivity contribution in [3.05, 3.63) is 66.2 Å². The average Bonchev–Trinajstić information content (AvgIpc) is 3.14. The van der Waals surface area contributed by atoms with Crippen LogP contribution in [0.5, 0.6) is 0 Å². The first-order valence-corrected chi connectivity index (χ1v) is 12.9. The van der Waals surface area contributed by atoms with E-state index in [1.807, 2.05) is 23.1 Å². The average molecular weight is 454 g/mol. The topological polar surface area (TPSA) is 60.9 Å². The van der Waals surface area contributed by atoms with E-state index in [1.165, 1.54) is 5.69 Å². The van der Waals surface area contributed by atoms with Gasteiger partial charge in [-0.1, -0.05) is 43.2 Å². The minimum atomic E-state index is -3.45. The first kappa shape index (κ1) is 22.6. The monoisotopic (exact) mass is 453 g/mol. The Morgan fingerprint density at radius 3 is 2.00 bits per heavy atom. The van der Waals surface area contributed by atoms with Gasteiger partial charge in [-0.05, 0) is 48.7 Å². The number of para-hydroxylation sites is 1. The van der Waals surface area contributed by atoms with Crippen molar-refractivity contribution in [1.29, 1.82) is 0 Å². The zero-order valence-corrected chi connectivity index (χ0v) is 19.2. The summed E-state index contributed by atoms with van der Waals surface area (Å²) < 4.78 is 27.4. The van der Waals surface area contributed by atoms with Crippen molar-refractivity contribution >= 4 is 27.7 Å². The fraction of sp³-hybridized carbons (Fsp3) is 0.400. The molecule has 2 saturated heterocycles. The minimum absolute atomic E-state index is 0.0148. The fourth-order valence-electron chi connectivity index (χ4n) is 4.28. The van der Waals surface area contributed by atoms with Gasteiger partial charge in [0, 0.05) is 51.0 Å². The summed E-state index contributed by atoms with van der Waals surface area (Å²) in [6.07, 6.45) is 7.35. The summed E-state index contributed by atoms with van der Waals surface area (Å²) in [6, 6.07) is 17.1. The normalized spacial score (nSPS) is 18.6. The second kappa shape index (κ2) is 10.3. The Hall–Kier alpha value is -2.64. The van der Waals surface area contributed by atoms with Crippen LogP contribution in [0.2, 0.25) is 0 Å². The van der Waals surface area contributed by atoms with E-state index in [0.29, 0.717) is 31.1 Å². The highest BCUT2D eigenvalue weighted by atomic mass is 32.2. The summed E-state index contributed by atoms with van der Waals surface area (Å²) in [6.45, 7) is 4.18. The van der Waals surface area contributed by atoms with Gasteiger partial charge in [-0.3, -0.25) is 4.79 Å². The SMILES string of the molecule is O=C(C=Cc1ccc(S(=O)(=O)N2CCCCCC2)cc1)N1CCN(c2ccccc2)CC1. The van der Waals surface area contributed by atoms with Crippen molar-refractivity contribution in [3.8, 4) is 0 Å². The molecule has 1 amide bonds. The summed E-state index contributed by atoms with van der Waals surface area (Å²) in [5.41, 5.74) is 2.00. The molecule has 6 nitrogen and oxygen atoms in total. The van der Waals surface area contributed by atoms with Gasteiger partial charge in [0.15, 0.2) is 0 Å². The Morgan fingerprint density at radius 2 is 1.38 bits per heavy atom. The molecular weight excluding hydrogens is 422 g/mol. The summed E-state index contributed by atoms with van der Waals surface area (Å²) in [5, 5.41) is 0. The van der Waals surface area contributed by atoms with Gasteiger partial charge in [0.25, 0.3) is 0 Å². The van der Waals surface area contributed by atoms with Crippen LogP contribution in [0.3, 0.4) is 0 Å². The summed E-state index contributed by atoms with van der Waals surface area (Å²) in [7, 11) is -3.45. The van der Waals surface area contributed by atoms with Crippen LogP contribution in [0.15, 0.2) is 65.6 Å². The van der Waals surface area contributed by atoms with E-state index < -0.39 is 10.0 Å². The largest absolute Gasteiger partial charge is 0.368 e. The number of anilines is 1. The Labute approximate surface area is 191 Å². The van der Waals surface area contributed by atoms with E-state index in [-0.39, 0.29) is 5.91 Å². The number of carbonyl (C=O) groups is 1. The Morgan fingerprint density at radius 1 is 0.750 bits per heavy atom. The first-order chi connectivity index (χ1) is 15.5. The predicted molar refractivity (Wildman–Crippen MR) is 128 cm³/mol. The van der Waals surface area contributed by atoms with Gasteiger partial charge in [0.05, 0.1) is 4.90 Å². The third-order valence-electron chi connectivity index (χ3n) is 6.21. The van der Waals surface area contributed by atoms with Crippen LogP contribution in [0, 0.1) is 0 Å². The van der Waals surface area contributed by atoms with E-state index >= 15 is 0 Å². The molecule has 0 unspecified atom stereocenters. The van der Waals surface area contributed by atoms with Crippen molar-refractivity contribution in [2.45, 2.75) is 30.6 Å². The van der Waals surface area contributed by atoms with Crippen molar-refractivity contribution in [2.75, 3.05) is 44.2 Å². The van der Waals surface area contributed by atoms with Crippen molar-refractivity contribution in [3.63, 3.8) is 0 Å². The highest BCUT2D eigenvalue weighted by Crippen LogP contribution is 2.21. The van der Waals surface area contributed by atoms with Crippen LogP contribution >= 0.6 is 0 Å². The lowest BCUT2D eigenvalue weighted by molar-refractivity contribution is -0.126. The van der Waals surface area contributed by atoms with Crippen LogP contribution < -0.4 is 4.90 Å². The number of hydrogen-bond donors (Lipinski definition) is 0. The van der Waals surface area contributed by atoms with E-state index in [1.54, 1.807) is 40.7 Å². The molecule has 2 fully saturated rings. The molecular formula is C25H31N3O3S. The molecule has 2 aromatic rings. The number of amides is 1. The van der Waals surface area contributed by atoms with Crippen molar-refractivity contribution in [1.82, 2.24) is 9.21 Å². The van der Waals surface area contributed by atoms with E-state index in [2.05, 4.69) is 17.0 Å². The Balaban J connectivity index is 1.33. The summed E-state index contributed by atoms with van der Waals surface area (Å²) >= 11 is 0. The number of nitrogens with zero attached hydrogens (tertiary/aromatic N) is 3. The molecule has 4 rings (SSSR count). The second-order valence-corrected chi connectivity index (χ2v) is 10.3. The second-order valence-electron chi connectivity index (χ2n) is 8.37. The van der Waals surface area contributed by atoms with Gasteiger partial charge < -0.3 is 9.80 Å². The molecule has 0 radical (unpaired) electrons. The van der Waals surface area contributed by atoms with Crippen LogP contribution in [0.25, 0.3) is 6.08 Å². The molecule has 0 saturated carbocycles. The number of rotatable bonds is 5. The zero-order valence-electron chi connectivity index (χ0n) is 18.4. The smallest absolute Gasteiger partial charge is 0.246 e. The number of benzene rings is 2. The molecule has 32 heavy (non-hydrogen) atoms. The number of sulfonamides is 1. The lowest BCUT2D eigenvalue weighted by Gasteiger charge is -2.35. The highest BCUT2D eigenvalue weighted by Gasteiger charge is 2.25. The molecule has 2 aliphatic heterocycles. The maximum absolute atomic E-state index is 12.9. The predicted octanol–water partition coefficient (Wildman–Crippen LogP) is 3.61. The lowest BCUT2D eigenvalue weighted by atomic mass is 10.2. The molecule has 2 aromatic carbocycles. The quantitative estimate of drug-likeness (QED) is 0.649. The highest BCUT2D eigenvalue weighted by molar-refractivity contribution is 7.89. The molecule has 0 spiro atoms. The summed E-state index contributed by atoms with van der Waals surface area (Å²) in [4.78, 5) is 17.1. The van der Waals surface area contributed by atoms with Gasteiger partial charge in [-0.2, -0.15) is 4.31 Å². The van der Waals surface area contributed by atoms with Gasteiger partial charge in [0.1, 0.15) is 0 Å². The van der Waals surface area contributed by atoms with Gasteiger partial charge in [-0.15, -0.1) is 0 Å². The number of carbonyl (C=O) groups excluding carboxylic acids is 1. The molecule has 2 heterocycles. The van der Waals surface area contributed by atoms with E-state index in [4.69, 9.17) is 0 Å². The molecule has 2 aliphatic rings. The third-order valence-corrected chi connectivity index (χ3v) is 8.13. The lowest BCUT2D eigenvalue weighted by Crippen LogP contribution is -2.48. The maximum Gasteiger partial charge on any atom is 0.246 e. The third kappa shape index (κ3) is 5.40. The Kier molecular flexibility index (Phi) is 7.27. The van der Waals surface area contributed by atoms with Gasteiger partial charge in [0.2, 0.25) is 15.9 Å². The number of hydrogen-bond acceptors (Lipinski definition) is 4. The standard InChI is InChI=1S/C25H31N3O3S/c29-25(27-20-18-26(19-21-27)23-8-4-3-5-9-23)15-12-22-10-13-24(14-11-22)32(30,31)28-16-6-1-2-7-17-28/h3-5,8-15H,1-2,6-7,16-21H2. The molecule has 0 aliphatic carbocycles. The van der Waals surface area contributed by atoms with Gasteiger partial charge in [-0.25, -0.2) is 8.42 Å². The Bertz CT molecular complexity index is 1020. The van der Waals surface area contributed by atoms with E-state index in [0.717, 1.165) is 44.3 Å². The van der Waals surface area contributed by atoms with E-state index in [9.17, 15) is 13.2 Å². The van der Waals surface area contributed by atoms with Crippen molar-refractivity contribution < 1.29 is 13.2 Å². The minimum Gasteiger partial charge on any atom is -0.368 e. The molecule has 0 N–H and O–H groups in total. The molecule has 0 bridgehead atoms. The number of piperazine rings is 1. The van der Waals surface area contributed by atoms with Crippen molar-refractivity contribution in [2.24, 2.45) is 0 Å². The van der Waals surface area contributed by atoms with Crippen LogP contribution in [-0.4, -0.2) is 62.8 Å². The zero-order chi connectivity index (χ0) is 22.4. The van der Waals surface area contributed by atoms with Gasteiger partial charge >= 0.3 is 0 Å². The molecule has 0 atom stereocenters. The molecule has 7 heteroatoms. The van der Waals surface area contributed by atoms with Crippen LogP contribution in [0.1, 0.15) is 31.2 Å². The van der Waals surface area contributed by atoms with Crippen LogP contribution in [-0.2, 0) is 14.8 Å². The summed E-state index contributed by atoms with van der Waals surface area (Å²) in [5.74, 6) is -0.0148. The fourth-order valence-corrected chi connectivity index (χ4v) is 5.80. The molecule has 170 valence electrons. The molecule has 0 aromatic heterocycles. The van der Waals surface area contributed by atoms with Crippen LogP contribution in [0.4, 0.5) is 5.69 Å². The first-order valence-electron chi connectivity index (χ1n) is 11.4.